The van der Waals surface area contributed by atoms with E-state index in [-0.39, 0.29) is 5.92 Å². The van der Waals surface area contributed by atoms with Gasteiger partial charge in [0.1, 0.15) is 0 Å². The van der Waals surface area contributed by atoms with Gasteiger partial charge in [-0.2, -0.15) is 4.31 Å². The largest absolute Gasteiger partial charge is 0.326 e. The Morgan fingerprint density at radius 1 is 1.29 bits per heavy atom. The van der Waals surface area contributed by atoms with E-state index in [1.165, 1.54) is 16.9 Å². The normalized spacial score (nSPS) is 20.0. The van der Waals surface area contributed by atoms with E-state index in [0.717, 1.165) is 11.3 Å². The van der Waals surface area contributed by atoms with Crippen LogP contribution in [0.1, 0.15) is 22.8 Å². The van der Waals surface area contributed by atoms with Gasteiger partial charge < -0.3 is 5.73 Å². The molecule has 1 unspecified atom stereocenters. The van der Waals surface area contributed by atoms with Gasteiger partial charge in [0.05, 0.1) is 4.90 Å². The molecule has 1 aromatic heterocycles. The zero-order valence-electron chi connectivity index (χ0n) is 11.6. The molecule has 2 heterocycles. The Morgan fingerprint density at radius 2 is 2.05 bits per heavy atom. The van der Waals surface area contributed by atoms with Crippen LogP contribution >= 0.6 is 11.3 Å². The fourth-order valence-corrected chi connectivity index (χ4v) is 5.34. The second-order valence-corrected chi connectivity index (χ2v) is 8.15. The van der Waals surface area contributed by atoms with Crippen LogP contribution in [0.2, 0.25) is 0 Å². The van der Waals surface area contributed by atoms with E-state index in [1.807, 2.05) is 18.2 Å². The standard InChI is InChI=1S/C15H18N2O2S2/c16-9-14-8-15(11-20-14)21(18,19)17-7-6-13(10-17)12-4-2-1-3-5-12/h1-5,8,11,13H,6-7,9-10,16H2. The van der Waals surface area contributed by atoms with Gasteiger partial charge in [0.25, 0.3) is 0 Å². The lowest BCUT2D eigenvalue weighted by atomic mass is 9.99. The van der Waals surface area contributed by atoms with E-state index < -0.39 is 10.0 Å². The molecule has 1 aliphatic heterocycles. The van der Waals surface area contributed by atoms with Crippen LogP contribution in [0, 0.1) is 0 Å². The molecule has 0 aliphatic carbocycles. The van der Waals surface area contributed by atoms with Crippen molar-refractivity contribution in [2.45, 2.75) is 23.8 Å². The van der Waals surface area contributed by atoms with Gasteiger partial charge in [-0.05, 0) is 24.0 Å². The summed E-state index contributed by atoms with van der Waals surface area (Å²) in [6.07, 6.45) is 0.872. The molecule has 2 N–H and O–H groups in total. The predicted octanol–water partition coefficient (Wildman–Crippen LogP) is 2.39. The predicted molar refractivity (Wildman–Crippen MR) is 84.8 cm³/mol. The van der Waals surface area contributed by atoms with Crippen LogP contribution in [0.5, 0.6) is 0 Å². The summed E-state index contributed by atoms with van der Waals surface area (Å²) in [6, 6.07) is 11.8. The molecule has 3 rings (SSSR count). The first-order valence-corrected chi connectivity index (χ1v) is 9.26. The lowest BCUT2D eigenvalue weighted by Gasteiger charge is -2.15. The molecule has 0 amide bonds. The van der Waals surface area contributed by atoms with Crippen molar-refractivity contribution in [3.05, 3.63) is 52.2 Å². The third kappa shape index (κ3) is 2.89. The van der Waals surface area contributed by atoms with Gasteiger partial charge in [0.15, 0.2) is 0 Å². The van der Waals surface area contributed by atoms with E-state index in [1.54, 1.807) is 15.8 Å². The molecule has 0 bridgehead atoms. The number of nitrogens with zero attached hydrogens (tertiary/aromatic N) is 1. The van der Waals surface area contributed by atoms with Gasteiger partial charge >= 0.3 is 0 Å². The third-order valence-electron chi connectivity index (χ3n) is 3.89. The summed E-state index contributed by atoms with van der Waals surface area (Å²) in [5.41, 5.74) is 6.77. The summed E-state index contributed by atoms with van der Waals surface area (Å²) in [4.78, 5) is 1.27. The molecule has 0 saturated carbocycles. The van der Waals surface area contributed by atoms with Crippen LogP contribution < -0.4 is 5.73 Å². The molecule has 0 radical (unpaired) electrons. The van der Waals surface area contributed by atoms with Gasteiger partial charge in [-0.15, -0.1) is 11.3 Å². The molecule has 21 heavy (non-hydrogen) atoms. The number of hydrogen-bond acceptors (Lipinski definition) is 4. The summed E-state index contributed by atoms with van der Waals surface area (Å²) in [5.74, 6) is 0.286. The first-order chi connectivity index (χ1) is 10.1. The second-order valence-electron chi connectivity index (χ2n) is 5.21. The Labute approximate surface area is 129 Å². The number of hydrogen-bond donors (Lipinski definition) is 1. The molecular weight excluding hydrogens is 304 g/mol. The monoisotopic (exact) mass is 322 g/mol. The Kier molecular flexibility index (Phi) is 4.12. The highest BCUT2D eigenvalue weighted by atomic mass is 32.2. The highest BCUT2D eigenvalue weighted by molar-refractivity contribution is 7.89. The van der Waals surface area contributed by atoms with Crippen LogP contribution in [-0.2, 0) is 16.6 Å². The SMILES string of the molecule is NCc1cc(S(=O)(=O)N2CCC(c3ccccc3)C2)cs1. The van der Waals surface area contributed by atoms with Crippen molar-refractivity contribution >= 4 is 21.4 Å². The van der Waals surface area contributed by atoms with Gasteiger partial charge in [-0.3, -0.25) is 0 Å². The number of nitrogens with two attached hydrogens (primary N) is 1. The lowest BCUT2D eigenvalue weighted by Crippen LogP contribution is -2.28. The van der Waals surface area contributed by atoms with Gasteiger partial charge in [0.2, 0.25) is 10.0 Å². The van der Waals surface area contributed by atoms with E-state index in [9.17, 15) is 8.42 Å². The van der Waals surface area contributed by atoms with Crippen molar-refractivity contribution < 1.29 is 8.42 Å². The maximum absolute atomic E-state index is 12.6. The summed E-state index contributed by atoms with van der Waals surface area (Å²) < 4.78 is 26.9. The number of benzene rings is 1. The molecule has 112 valence electrons. The molecule has 1 atom stereocenters. The number of thiophene rings is 1. The molecule has 6 heteroatoms. The van der Waals surface area contributed by atoms with Crippen LogP contribution in [0.15, 0.2) is 46.7 Å². The van der Waals surface area contributed by atoms with Crippen molar-refractivity contribution in [1.82, 2.24) is 4.31 Å². The number of sulfonamides is 1. The summed E-state index contributed by atoms with van der Waals surface area (Å²) in [5, 5.41) is 1.69. The quantitative estimate of drug-likeness (QED) is 0.940. The topological polar surface area (TPSA) is 63.4 Å². The van der Waals surface area contributed by atoms with Gasteiger partial charge in [-0.25, -0.2) is 8.42 Å². The Balaban J connectivity index is 1.79. The average Bonchev–Trinajstić information content (AvgIpc) is 3.18. The molecular formula is C15H18N2O2S2. The Bertz CT molecular complexity index is 710. The highest BCUT2D eigenvalue weighted by Crippen LogP contribution is 2.32. The maximum Gasteiger partial charge on any atom is 0.243 e. The highest BCUT2D eigenvalue weighted by Gasteiger charge is 2.33. The average molecular weight is 322 g/mol. The Morgan fingerprint density at radius 3 is 2.71 bits per heavy atom. The summed E-state index contributed by atoms with van der Waals surface area (Å²) in [6.45, 7) is 1.52. The molecule has 1 saturated heterocycles. The first-order valence-electron chi connectivity index (χ1n) is 6.94. The van der Waals surface area contributed by atoms with E-state index in [4.69, 9.17) is 5.73 Å². The van der Waals surface area contributed by atoms with Crippen LogP contribution in [0.4, 0.5) is 0 Å². The van der Waals surface area contributed by atoms with Crippen LogP contribution in [-0.4, -0.2) is 25.8 Å². The minimum atomic E-state index is -3.38. The molecule has 1 aliphatic rings. The van der Waals surface area contributed by atoms with E-state index in [0.29, 0.717) is 24.5 Å². The van der Waals surface area contributed by atoms with Gasteiger partial charge in [0, 0.05) is 29.9 Å². The van der Waals surface area contributed by atoms with Crippen molar-refractivity contribution in [2.75, 3.05) is 13.1 Å². The summed E-state index contributed by atoms with van der Waals surface area (Å²) >= 11 is 1.40. The zero-order valence-corrected chi connectivity index (χ0v) is 13.2. The minimum Gasteiger partial charge on any atom is -0.326 e. The second kappa shape index (κ2) is 5.88. The molecule has 1 fully saturated rings. The van der Waals surface area contributed by atoms with Crippen molar-refractivity contribution in [3.8, 4) is 0 Å². The summed E-state index contributed by atoms with van der Waals surface area (Å²) in [7, 11) is -3.38. The van der Waals surface area contributed by atoms with E-state index in [2.05, 4.69) is 12.1 Å². The van der Waals surface area contributed by atoms with Crippen molar-refractivity contribution in [1.29, 1.82) is 0 Å². The van der Waals surface area contributed by atoms with Gasteiger partial charge in [-0.1, -0.05) is 30.3 Å². The van der Waals surface area contributed by atoms with E-state index >= 15 is 0 Å². The molecule has 2 aromatic rings. The maximum atomic E-state index is 12.6. The Hall–Kier alpha value is -1.21. The van der Waals surface area contributed by atoms with Crippen molar-refractivity contribution in [3.63, 3.8) is 0 Å². The zero-order chi connectivity index (χ0) is 14.9. The van der Waals surface area contributed by atoms with Crippen molar-refractivity contribution in [2.24, 2.45) is 5.73 Å². The van der Waals surface area contributed by atoms with Crippen LogP contribution in [0.25, 0.3) is 0 Å². The molecule has 0 spiro atoms. The number of rotatable bonds is 4. The smallest absolute Gasteiger partial charge is 0.243 e. The first kappa shape index (κ1) is 14.7. The molecule has 1 aromatic carbocycles. The lowest BCUT2D eigenvalue weighted by molar-refractivity contribution is 0.473. The third-order valence-corrected chi connectivity index (χ3v) is 6.84. The van der Waals surface area contributed by atoms with Crippen LogP contribution in [0.3, 0.4) is 0 Å². The minimum absolute atomic E-state index is 0.286. The molecule has 4 nitrogen and oxygen atoms in total. The fraction of sp³-hybridized carbons (Fsp3) is 0.333. The fourth-order valence-electron chi connectivity index (χ4n) is 2.70.